The molecule has 14 heavy (non-hydrogen) atoms. The number of hydrogen-bond acceptors (Lipinski definition) is 2. The molecule has 0 spiro atoms. The molecule has 0 aromatic carbocycles. The molecule has 0 unspecified atom stereocenters. The third-order valence-electron chi connectivity index (χ3n) is 2.14. The van der Waals surface area contributed by atoms with E-state index in [4.69, 9.17) is 0 Å². The van der Waals surface area contributed by atoms with Gasteiger partial charge < -0.3 is 5.32 Å². The quantitative estimate of drug-likeness (QED) is 0.795. The van der Waals surface area contributed by atoms with Gasteiger partial charge in [-0.2, -0.15) is 5.10 Å². The van der Waals surface area contributed by atoms with Crippen molar-refractivity contribution in [2.24, 2.45) is 7.05 Å². The summed E-state index contributed by atoms with van der Waals surface area (Å²) in [6, 6.07) is 2.14. The summed E-state index contributed by atoms with van der Waals surface area (Å²) in [6.45, 7) is 9.58. The maximum absolute atomic E-state index is 4.32. The number of nitrogens with zero attached hydrogens (tertiary/aromatic N) is 2. The van der Waals surface area contributed by atoms with Crippen LogP contribution in [0.15, 0.2) is 6.07 Å². The number of aromatic nitrogens is 2. The molecule has 1 aromatic heterocycles. The van der Waals surface area contributed by atoms with E-state index in [0.29, 0.717) is 0 Å². The van der Waals surface area contributed by atoms with Gasteiger partial charge in [-0.3, -0.25) is 4.68 Å². The molecular weight excluding hydrogens is 174 g/mol. The van der Waals surface area contributed by atoms with Crippen LogP contribution in [0.3, 0.4) is 0 Å². The van der Waals surface area contributed by atoms with Gasteiger partial charge in [-0.05, 0) is 33.8 Å². The Morgan fingerprint density at radius 1 is 1.43 bits per heavy atom. The summed E-state index contributed by atoms with van der Waals surface area (Å²) in [4.78, 5) is 0. The minimum atomic E-state index is 0.202. The molecule has 0 saturated carbocycles. The monoisotopic (exact) mass is 195 g/mol. The van der Waals surface area contributed by atoms with Gasteiger partial charge in [0.1, 0.15) is 0 Å². The van der Waals surface area contributed by atoms with E-state index in [2.05, 4.69) is 37.3 Å². The highest BCUT2D eigenvalue weighted by molar-refractivity contribution is 5.08. The number of aryl methyl sites for hydroxylation is 2. The van der Waals surface area contributed by atoms with E-state index in [1.165, 1.54) is 5.69 Å². The van der Waals surface area contributed by atoms with Gasteiger partial charge >= 0.3 is 0 Å². The molecule has 0 atom stereocenters. The van der Waals surface area contributed by atoms with Gasteiger partial charge in [0.25, 0.3) is 0 Å². The Kier molecular flexibility index (Phi) is 3.32. The molecular formula is C11H21N3. The first-order valence-corrected chi connectivity index (χ1v) is 5.13. The molecule has 0 fully saturated rings. The Morgan fingerprint density at radius 3 is 2.50 bits per heavy atom. The zero-order chi connectivity index (χ0) is 10.8. The van der Waals surface area contributed by atoms with Crippen LogP contribution in [-0.2, 0) is 13.5 Å². The van der Waals surface area contributed by atoms with Crippen LogP contribution in [0.25, 0.3) is 0 Å². The predicted octanol–water partition coefficient (Wildman–Crippen LogP) is 1.66. The van der Waals surface area contributed by atoms with Crippen molar-refractivity contribution in [2.45, 2.75) is 39.7 Å². The van der Waals surface area contributed by atoms with E-state index in [1.54, 1.807) is 0 Å². The van der Waals surface area contributed by atoms with Crippen molar-refractivity contribution < 1.29 is 0 Å². The summed E-state index contributed by atoms with van der Waals surface area (Å²) in [6.07, 6.45) is 1.04. The SMILES string of the molecule is Cc1cc(CCNC(C)(C)C)n(C)n1. The topological polar surface area (TPSA) is 29.9 Å². The summed E-state index contributed by atoms with van der Waals surface area (Å²) < 4.78 is 1.96. The molecule has 1 heterocycles. The van der Waals surface area contributed by atoms with Gasteiger partial charge in [-0.25, -0.2) is 0 Å². The lowest BCUT2D eigenvalue weighted by Gasteiger charge is -2.20. The minimum absolute atomic E-state index is 0.202. The van der Waals surface area contributed by atoms with Crippen LogP contribution in [0.5, 0.6) is 0 Å². The number of rotatable bonds is 3. The fourth-order valence-electron chi connectivity index (χ4n) is 1.46. The van der Waals surface area contributed by atoms with E-state index in [1.807, 2.05) is 18.7 Å². The van der Waals surface area contributed by atoms with Crippen molar-refractivity contribution in [1.29, 1.82) is 0 Å². The first-order chi connectivity index (χ1) is 6.38. The van der Waals surface area contributed by atoms with Gasteiger partial charge in [-0.15, -0.1) is 0 Å². The predicted molar refractivity (Wildman–Crippen MR) is 59.4 cm³/mol. The number of nitrogens with one attached hydrogen (secondary N) is 1. The molecule has 0 aliphatic rings. The lowest BCUT2D eigenvalue weighted by Crippen LogP contribution is -2.37. The van der Waals surface area contributed by atoms with E-state index < -0.39 is 0 Å². The van der Waals surface area contributed by atoms with Crippen LogP contribution in [0.1, 0.15) is 32.2 Å². The van der Waals surface area contributed by atoms with Crippen molar-refractivity contribution in [3.05, 3.63) is 17.5 Å². The summed E-state index contributed by atoms with van der Waals surface area (Å²) in [7, 11) is 2.00. The first-order valence-electron chi connectivity index (χ1n) is 5.13. The normalized spacial score (nSPS) is 12.1. The number of hydrogen-bond donors (Lipinski definition) is 1. The van der Waals surface area contributed by atoms with E-state index >= 15 is 0 Å². The van der Waals surface area contributed by atoms with Gasteiger partial charge in [-0.1, -0.05) is 0 Å². The second-order valence-corrected chi connectivity index (χ2v) is 4.83. The van der Waals surface area contributed by atoms with Crippen molar-refractivity contribution in [1.82, 2.24) is 15.1 Å². The summed E-state index contributed by atoms with van der Waals surface area (Å²) >= 11 is 0. The lowest BCUT2D eigenvalue weighted by molar-refractivity contribution is 0.426. The standard InChI is InChI=1S/C11H21N3/c1-9-8-10(14(5)13-9)6-7-12-11(2,3)4/h8,12H,6-7H2,1-5H3. The average molecular weight is 195 g/mol. The lowest BCUT2D eigenvalue weighted by atomic mass is 10.1. The van der Waals surface area contributed by atoms with Crippen molar-refractivity contribution in [3.8, 4) is 0 Å². The Hall–Kier alpha value is -0.830. The third-order valence-corrected chi connectivity index (χ3v) is 2.14. The van der Waals surface area contributed by atoms with E-state index in [0.717, 1.165) is 18.7 Å². The zero-order valence-corrected chi connectivity index (χ0v) is 9.89. The Balaban J connectivity index is 2.42. The Labute approximate surface area is 86.5 Å². The Morgan fingerprint density at radius 2 is 2.07 bits per heavy atom. The highest BCUT2D eigenvalue weighted by Crippen LogP contribution is 2.03. The molecule has 0 radical (unpaired) electrons. The fourth-order valence-corrected chi connectivity index (χ4v) is 1.46. The molecule has 3 heteroatoms. The Bertz CT molecular complexity index is 294. The van der Waals surface area contributed by atoms with Gasteiger partial charge in [0.05, 0.1) is 5.69 Å². The molecule has 0 aliphatic heterocycles. The molecule has 0 bridgehead atoms. The van der Waals surface area contributed by atoms with Crippen molar-refractivity contribution in [2.75, 3.05) is 6.54 Å². The van der Waals surface area contributed by atoms with Gasteiger partial charge in [0, 0.05) is 31.2 Å². The molecule has 1 aromatic rings. The summed E-state index contributed by atoms with van der Waals surface area (Å²) in [5.74, 6) is 0. The molecule has 0 amide bonds. The first kappa shape index (κ1) is 11.2. The highest BCUT2D eigenvalue weighted by Gasteiger charge is 2.08. The summed E-state index contributed by atoms with van der Waals surface area (Å²) in [5, 5.41) is 7.78. The largest absolute Gasteiger partial charge is 0.312 e. The van der Waals surface area contributed by atoms with E-state index in [9.17, 15) is 0 Å². The molecule has 1 rings (SSSR count). The third kappa shape index (κ3) is 3.50. The molecule has 80 valence electrons. The molecule has 3 nitrogen and oxygen atoms in total. The average Bonchev–Trinajstić information content (AvgIpc) is 2.27. The van der Waals surface area contributed by atoms with Crippen LogP contribution in [-0.4, -0.2) is 21.9 Å². The molecule has 0 aliphatic carbocycles. The van der Waals surface area contributed by atoms with Gasteiger partial charge in [0.2, 0.25) is 0 Å². The van der Waals surface area contributed by atoms with Crippen LogP contribution in [0.2, 0.25) is 0 Å². The van der Waals surface area contributed by atoms with Gasteiger partial charge in [0.15, 0.2) is 0 Å². The van der Waals surface area contributed by atoms with E-state index in [-0.39, 0.29) is 5.54 Å². The second-order valence-electron chi connectivity index (χ2n) is 4.83. The van der Waals surface area contributed by atoms with Crippen molar-refractivity contribution in [3.63, 3.8) is 0 Å². The molecule has 0 saturated heterocycles. The molecule has 1 N–H and O–H groups in total. The summed E-state index contributed by atoms with van der Waals surface area (Å²) in [5.41, 5.74) is 2.59. The fraction of sp³-hybridized carbons (Fsp3) is 0.727. The highest BCUT2D eigenvalue weighted by atomic mass is 15.3. The van der Waals surface area contributed by atoms with Crippen LogP contribution < -0.4 is 5.32 Å². The smallest absolute Gasteiger partial charge is 0.0596 e. The zero-order valence-electron chi connectivity index (χ0n) is 9.89. The second kappa shape index (κ2) is 4.13. The van der Waals surface area contributed by atoms with Crippen LogP contribution in [0.4, 0.5) is 0 Å². The maximum atomic E-state index is 4.32. The maximum Gasteiger partial charge on any atom is 0.0596 e. The van der Waals surface area contributed by atoms with Crippen molar-refractivity contribution >= 4 is 0 Å². The van der Waals surface area contributed by atoms with Crippen LogP contribution in [0, 0.1) is 6.92 Å². The minimum Gasteiger partial charge on any atom is -0.312 e. The van der Waals surface area contributed by atoms with Crippen LogP contribution >= 0.6 is 0 Å².